The molecule has 24 heavy (non-hydrogen) atoms. The summed E-state index contributed by atoms with van der Waals surface area (Å²) < 4.78 is 43.1. The maximum absolute atomic E-state index is 12.6. The number of rotatable bonds is 3. The van der Waals surface area contributed by atoms with Crippen LogP contribution in [0.1, 0.15) is 36.7 Å². The van der Waals surface area contributed by atoms with Gasteiger partial charge in [0.25, 0.3) is 0 Å². The monoisotopic (exact) mass is 341 g/mol. The molecule has 0 amide bonds. The highest BCUT2D eigenvalue weighted by atomic mass is 19.4. The molecule has 2 heterocycles. The fraction of sp³-hybridized carbons (Fsp3) is 0.357. The molecule has 0 bridgehead atoms. The molecule has 0 aliphatic rings. The second-order valence-corrected chi connectivity index (χ2v) is 5.78. The average molecular weight is 341 g/mol. The Morgan fingerprint density at radius 3 is 2.21 bits per heavy atom. The third kappa shape index (κ3) is 4.86. The number of anilines is 2. The van der Waals surface area contributed by atoms with Crippen molar-refractivity contribution in [2.45, 2.75) is 32.5 Å². The number of hydrogen-bond acceptors (Lipinski definition) is 7. The summed E-state index contributed by atoms with van der Waals surface area (Å²) in [6.07, 6.45) is -2.75. The van der Waals surface area contributed by atoms with E-state index in [0.717, 1.165) is 6.07 Å². The molecule has 0 unspecified atom stereocenters. The maximum atomic E-state index is 12.6. The third-order valence-corrected chi connectivity index (χ3v) is 2.53. The van der Waals surface area contributed by atoms with Gasteiger partial charge in [0.2, 0.25) is 0 Å². The van der Waals surface area contributed by atoms with E-state index < -0.39 is 23.3 Å². The molecule has 0 aromatic carbocycles. The van der Waals surface area contributed by atoms with Gasteiger partial charge in [-0.3, -0.25) is 0 Å². The van der Waals surface area contributed by atoms with Crippen molar-refractivity contribution in [1.82, 2.24) is 20.4 Å². The predicted octanol–water partition coefficient (Wildman–Crippen LogP) is 2.98. The second-order valence-electron chi connectivity index (χ2n) is 5.78. The van der Waals surface area contributed by atoms with Crippen molar-refractivity contribution in [1.29, 1.82) is 0 Å². The van der Waals surface area contributed by atoms with Crippen molar-refractivity contribution in [3.8, 4) is 0 Å². The van der Waals surface area contributed by atoms with E-state index >= 15 is 0 Å². The van der Waals surface area contributed by atoms with Gasteiger partial charge in [0, 0.05) is 0 Å². The molecule has 0 radical (unpaired) electrons. The number of halogens is 3. The van der Waals surface area contributed by atoms with E-state index in [1.54, 1.807) is 20.8 Å². The van der Waals surface area contributed by atoms with Gasteiger partial charge in [-0.1, -0.05) is 0 Å². The number of aromatic nitrogens is 4. The molecule has 10 heteroatoms. The van der Waals surface area contributed by atoms with Crippen LogP contribution in [0.25, 0.3) is 0 Å². The first-order valence-electron chi connectivity index (χ1n) is 6.77. The molecule has 2 aromatic rings. The van der Waals surface area contributed by atoms with Crippen LogP contribution >= 0.6 is 0 Å². The first-order valence-corrected chi connectivity index (χ1v) is 6.77. The van der Waals surface area contributed by atoms with E-state index in [1.165, 1.54) is 12.3 Å². The Morgan fingerprint density at radius 1 is 1.04 bits per heavy atom. The molecule has 0 fully saturated rings. The molecule has 128 valence electrons. The summed E-state index contributed by atoms with van der Waals surface area (Å²) in [5, 5.41) is 16.6. The largest absolute Gasteiger partial charge is 0.456 e. The Hall–Kier alpha value is -2.78. The van der Waals surface area contributed by atoms with Gasteiger partial charge in [-0.15, -0.1) is 10.2 Å². The molecule has 0 spiro atoms. The maximum Gasteiger partial charge on any atom is 0.418 e. The van der Waals surface area contributed by atoms with Crippen molar-refractivity contribution in [3.05, 3.63) is 35.7 Å². The van der Waals surface area contributed by atoms with Crippen LogP contribution in [0.2, 0.25) is 0 Å². The first-order chi connectivity index (χ1) is 11.0. The van der Waals surface area contributed by atoms with Crippen molar-refractivity contribution in [2.75, 3.05) is 5.32 Å². The Kier molecular flexibility index (Phi) is 4.67. The zero-order valence-corrected chi connectivity index (χ0v) is 13.0. The van der Waals surface area contributed by atoms with Gasteiger partial charge in [0.05, 0.1) is 23.5 Å². The third-order valence-electron chi connectivity index (χ3n) is 2.53. The quantitative estimate of drug-likeness (QED) is 0.858. The lowest BCUT2D eigenvalue weighted by Gasteiger charge is -2.19. The van der Waals surface area contributed by atoms with Crippen LogP contribution in [0.3, 0.4) is 0 Å². The zero-order chi connectivity index (χ0) is 18.0. The van der Waals surface area contributed by atoms with Crippen LogP contribution < -0.4 is 5.32 Å². The number of ether oxygens (including phenoxy) is 1. The van der Waals surface area contributed by atoms with Crippen molar-refractivity contribution in [2.24, 2.45) is 0 Å². The van der Waals surface area contributed by atoms with Crippen LogP contribution in [0, 0.1) is 0 Å². The fourth-order valence-electron chi connectivity index (χ4n) is 1.59. The standard InChI is InChI=1S/C14H14F3N5O2/c1-13(2,3)24-12(23)8-4-10(21-18-6-8)20-11-5-9(7-19-22-11)14(15,16)17/h4-7H,1-3H3,(H,20,21,22). The van der Waals surface area contributed by atoms with Gasteiger partial charge in [0.1, 0.15) is 5.60 Å². The van der Waals surface area contributed by atoms with E-state index in [0.29, 0.717) is 6.20 Å². The lowest BCUT2D eigenvalue weighted by atomic mass is 10.2. The van der Waals surface area contributed by atoms with Gasteiger partial charge in [0.15, 0.2) is 11.6 Å². The lowest BCUT2D eigenvalue weighted by Crippen LogP contribution is -2.24. The highest BCUT2D eigenvalue weighted by Crippen LogP contribution is 2.29. The van der Waals surface area contributed by atoms with Crippen LogP contribution in [0.4, 0.5) is 24.8 Å². The summed E-state index contributed by atoms with van der Waals surface area (Å²) in [5.74, 6) is -0.775. The average Bonchev–Trinajstić information content (AvgIpc) is 2.45. The van der Waals surface area contributed by atoms with E-state index in [1.807, 2.05) is 0 Å². The normalized spacial score (nSPS) is 11.9. The minimum Gasteiger partial charge on any atom is -0.456 e. The van der Waals surface area contributed by atoms with Crippen molar-refractivity contribution >= 4 is 17.6 Å². The first kappa shape index (κ1) is 17.6. The molecule has 0 saturated heterocycles. The van der Waals surface area contributed by atoms with Gasteiger partial charge in [-0.05, 0) is 32.9 Å². The van der Waals surface area contributed by atoms with E-state index in [9.17, 15) is 18.0 Å². The predicted molar refractivity (Wildman–Crippen MR) is 77.5 cm³/mol. The SMILES string of the molecule is CC(C)(C)OC(=O)c1cnnc(Nc2cc(C(F)(F)F)cnn2)c1. The van der Waals surface area contributed by atoms with E-state index in [-0.39, 0.29) is 17.2 Å². The Balaban J connectivity index is 2.20. The van der Waals surface area contributed by atoms with Gasteiger partial charge in [-0.2, -0.15) is 23.4 Å². The molecule has 0 saturated carbocycles. The Labute approximate surface area is 135 Å². The lowest BCUT2D eigenvalue weighted by molar-refractivity contribution is -0.137. The minimum atomic E-state index is -4.55. The van der Waals surface area contributed by atoms with Crippen LogP contribution in [0.5, 0.6) is 0 Å². The summed E-state index contributed by atoms with van der Waals surface area (Å²) in [7, 11) is 0. The number of carbonyl (C=O) groups excluding carboxylic acids is 1. The van der Waals surface area contributed by atoms with Crippen LogP contribution in [-0.4, -0.2) is 32.0 Å². The number of alkyl halides is 3. The minimum absolute atomic E-state index is 0.0342. The summed E-state index contributed by atoms with van der Waals surface area (Å²) >= 11 is 0. The van der Waals surface area contributed by atoms with Gasteiger partial charge >= 0.3 is 12.1 Å². The molecule has 2 aromatic heterocycles. The van der Waals surface area contributed by atoms with Crippen LogP contribution in [-0.2, 0) is 10.9 Å². The smallest absolute Gasteiger partial charge is 0.418 e. The van der Waals surface area contributed by atoms with E-state index in [4.69, 9.17) is 4.74 Å². The van der Waals surface area contributed by atoms with Gasteiger partial charge < -0.3 is 10.1 Å². The molecule has 0 atom stereocenters. The topological polar surface area (TPSA) is 89.9 Å². The second kappa shape index (κ2) is 6.38. The van der Waals surface area contributed by atoms with Crippen molar-refractivity contribution < 1.29 is 22.7 Å². The molecular formula is C14H14F3N5O2. The Morgan fingerprint density at radius 2 is 1.62 bits per heavy atom. The molecule has 0 aliphatic carbocycles. The number of nitrogens with zero attached hydrogens (tertiary/aromatic N) is 4. The van der Waals surface area contributed by atoms with E-state index in [2.05, 4.69) is 25.7 Å². The number of nitrogens with one attached hydrogen (secondary N) is 1. The molecule has 1 N–H and O–H groups in total. The van der Waals surface area contributed by atoms with Gasteiger partial charge in [-0.25, -0.2) is 4.79 Å². The summed E-state index contributed by atoms with van der Waals surface area (Å²) in [6, 6.07) is 2.07. The summed E-state index contributed by atoms with van der Waals surface area (Å²) in [4.78, 5) is 12.0. The highest BCUT2D eigenvalue weighted by Gasteiger charge is 2.31. The molecule has 7 nitrogen and oxygen atoms in total. The number of esters is 1. The fourth-order valence-corrected chi connectivity index (χ4v) is 1.59. The zero-order valence-electron chi connectivity index (χ0n) is 13.0. The number of carbonyl (C=O) groups is 1. The van der Waals surface area contributed by atoms with Crippen molar-refractivity contribution in [3.63, 3.8) is 0 Å². The molecule has 0 aliphatic heterocycles. The Bertz CT molecular complexity index is 744. The number of hydrogen-bond donors (Lipinski definition) is 1. The highest BCUT2D eigenvalue weighted by molar-refractivity contribution is 5.90. The molecular weight excluding hydrogens is 327 g/mol. The molecule has 2 rings (SSSR count). The summed E-state index contributed by atoms with van der Waals surface area (Å²) in [6.45, 7) is 5.12. The van der Waals surface area contributed by atoms with Crippen LogP contribution in [0.15, 0.2) is 24.5 Å². The summed E-state index contributed by atoms with van der Waals surface area (Å²) in [5.41, 5.74) is -1.56.